The van der Waals surface area contributed by atoms with Gasteiger partial charge >= 0.3 is 0 Å². The van der Waals surface area contributed by atoms with Crippen LogP contribution in [0.3, 0.4) is 0 Å². The Morgan fingerprint density at radius 1 is 1.00 bits per heavy atom. The summed E-state index contributed by atoms with van der Waals surface area (Å²) in [6.07, 6.45) is 4.63. The summed E-state index contributed by atoms with van der Waals surface area (Å²) in [5.41, 5.74) is 5.60. The van der Waals surface area contributed by atoms with Gasteiger partial charge in [-0.1, -0.05) is 24.3 Å². The average molecular weight is 267 g/mol. The topological polar surface area (TPSA) is 21.3 Å². The second-order valence-electron chi connectivity index (χ2n) is 5.37. The normalized spacial score (nSPS) is 13.4. The molecule has 0 aromatic heterocycles. The average Bonchev–Trinajstić information content (AvgIpc) is 2.53. The van der Waals surface area contributed by atoms with E-state index >= 15 is 0 Å². The van der Waals surface area contributed by atoms with Gasteiger partial charge in [0.1, 0.15) is 5.75 Å². The Kier molecular flexibility index (Phi) is 3.91. The van der Waals surface area contributed by atoms with Crippen LogP contribution in [0.25, 0.3) is 0 Å². The van der Waals surface area contributed by atoms with Crippen molar-refractivity contribution in [1.29, 1.82) is 0 Å². The fourth-order valence-electron chi connectivity index (χ4n) is 2.76. The maximum absolute atomic E-state index is 5.19. The van der Waals surface area contributed by atoms with Crippen LogP contribution in [-0.4, -0.2) is 13.7 Å². The van der Waals surface area contributed by atoms with Gasteiger partial charge < -0.3 is 10.1 Å². The standard InChI is InChI=1S/C18H21NO/c1-20-17-9-6-14(7-10-17)4-5-15-8-11-18-16(13-15)3-2-12-19-18/h6-11,13,19H,2-5,12H2,1H3. The molecule has 0 unspecified atom stereocenters. The van der Waals surface area contributed by atoms with Crippen LogP contribution in [0.15, 0.2) is 42.5 Å². The monoisotopic (exact) mass is 267 g/mol. The molecule has 0 amide bonds. The van der Waals surface area contributed by atoms with Gasteiger partial charge in [0.05, 0.1) is 7.11 Å². The first-order chi connectivity index (χ1) is 9.85. The van der Waals surface area contributed by atoms with Crippen molar-refractivity contribution >= 4 is 5.69 Å². The van der Waals surface area contributed by atoms with E-state index in [2.05, 4.69) is 35.6 Å². The van der Waals surface area contributed by atoms with Gasteiger partial charge in [-0.15, -0.1) is 0 Å². The smallest absolute Gasteiger partial charge is 0.118 e. The highest BCUT2D eigenvalue weighted by atomic mass is 16.5. The molecule has 0 atom stereocenters. The molecule has 0 saturated heterocycles. The van der Waals surface area contributed by atoms with Crippen molar-refractivity contribution < 1.29 is 4.74 Å². The molecule has 1 aliphatic rings. The Hall–Kier alpha value is -1.96. The zero-order valence-corrected chi connectivity index (χ0v) is 12.0. The molecule has 0 radical (unpaired) electrons. The SMILES string of the molecule is COc1ccc(CCc2ccc3c(c2)CCCN3)cc1. The molecule has 1 aliphatic heterocycles. The van der Waals surface area contributed by atoms with Crippen LogP contribution in [0.5, 0.6) is 5.75 Å². The molecule has 0 aliphatic carbocycles. The highest BCUT2D eigenvalue weighted by molar-refractivity contribution is 5.54. The Morgan fingerprint density at radius 2 is 1.75 bits per heavy atom. The van der Waals surface area contributed by atoms with Gasteiger partial charge in [-0.05, 0) is 60.6 Å². The number of hydrogen-bond acceptors (Lipinski definition) is 2. The fourth-order valence-corrected chi connectivity index (χ4v) is 2.76. The van der Waals surface area contributed by atoms with E-state index in [9.17, 15) is 0 Å². The van der Waals surface area contributed by atoms with Crippen LogP contribution in [0.2, 0.25) is 0 Å². The minimum absolute atomic E-state index is 0.925. The lowest BCUT2D eigenvalue weighted by Crippen LogP contribution is -2.11. The molecule has 2 aromatic carbocycles. The Balaban J connectivity index is 1.65. The first-order valence-electron chi connectivity index (χ1n) is 7.34. The highest BCUT2D eigenvalue weighted by Gasteiger charge is 2.08. The van der Waals surface area contributed by atoms with E-state index in [0.717, 1.165) is 25.1 Å². The van der Waals surface area contributed by atoms with Crippen molar-refractivity contribution in [2.24, 2.45) is 0 Å². The van der Waals surface area contributed by atoms with Crippen molar-refractivity contribution in [2.75, 3.05) is 19.0 Å². The minimum atomic E-state index is 0.925. The van der Waals surface area contributed by atoms with Gasteiger partial charge in [0.25, 0.3) is 0 Å². The van der Waals surface area contributed by atoms with Crippen LogP contribution in [-0.2, 0) is 19.3 Å². The van der Waals surface area contributed by atoms with Crippen molar-refractivity contribution in [2.45, 2.75) is 25.7 Å². The third-order valence-electron chi connectivity index (χ3n) is 3.97. The maximum Gasteiger partial charge on any atom is 0.118 e. The number of ether oxygens (including phenoxy) is 1. The molecule has 104 valence electrons. The van der Waals surface area contributed by atoms with Crippen LogP contribution in [0.4, 0.5) is 5.69 Å². The van der Waals surface area contributed by atoms with E-state index in [1.165, 1.54) is 35.2 Å². The van der Waals surface area contributed by atoms with E-state index in [0.29, 0.717) is 0 Å². The molecule has 0 saturated carbocycles. The van der Waals surface area contributed by atoms with E-state index in [1.807, 2.05) is 12.1 Å². The van der Waals surface area contributed by atoms with Crippen LogP contribution in [0, 0.1) is 0 Å². The summed E-state index contributed by atoms with van der Waals surface area (Å²) in [6.45, 7) is 1.11. The number of rotatable bonds is 4. The molecule has 1 N–H and O–H groups in total. The summed E-state index contributed by atoms with van der Waals surface area (Å²) in [6, 6.07) is 15.2. The van der Waals surface area contributed by atoms with Gasteiger partial charge in [0.15, 0.2) is 0 Å². The quantitative estimate of drug-likeness (QED) is 0.908. The van der Waals surface area contributed by atoms with Gasteiger partial charge in [-0.2, -0.15) is 0 Å². The molecule has 3 rings (SSSR count). The number of anilines is 1. The van der Waals surface area contributed by atoms with Crippen LogP contribution in [0.1, 0.15) is 23.1 Å². The number of methoxy groups -OCH3 is 1. The Labute approximate surface area is 120 Å². The van der Waals surface area contributed by atoms with Gasteiger partial charge in [0, 0.05) is 12.2 Å². The largest absolute Gasteiger partial charge is 0.497 e. The molecule has 20 heavy (non-hydrogen) atoms. The lowest BCUT2D eigenvalue weighted by molar-refractivity contribution is 0.414. The van der Waals surface area contributed by atoms with Crippen molar-refractivity contribution in [3.05, 3.63) is 59.2 Å². The first-order valence-corrected chi connectivity index (χ1v) is 7.34. The van der Waals surface area contributed by atoms with Crippen molar-refractivity contribution in [1.82, 2.24) is 0 Å². The number of aryl methyl sites for hydroxylation is 3. The molecular weight excluding hydrogens is 246 g/mol. The molecule has 0 fully saturated rings. The summed E-state index contributed by atoms with van der Waals surface area (Å²) in [5, 5.41) is 3.46. The van der Waals surface area contributed by atoms with Gasteiger partial charge in [0.2, 0.25) is 0 Å². The number of hydrogen-bond donors (Lipinski definition) is 1. The first kappa shape index (κ1) is 13.0. The molecule has 2 heteroatoms. The Bertz CT molecular complexity index is 574. The maximum atomic E-state index is 5.19. The van der Waals surface area contributed by atoms with Crippen LogP contribution < -0.4 is 10.1 Å². The second-order valence-corrected chi connectivity index (χ2v) is 5.37. The van der Waals surface area contributed by atoms with Crippen LogP contribution >= 0.6 is 0 Å². The zero-order valence-electron chi connectivity index (χ0n) is 12.0. The molecule has 1 heterocycles. The Morgan fingerprint density at radius 3 is 2.55 bits per heavy atom. The fraction of sp³-hybridized carbons (Fsp3) is 0.333. The number of fused-ring (bicyclic) bond motifs is 1. The van der Waals surface area contributed by atoms with E-state index in [1.54, 1.807) is 7.11 Å². The van der Waals surface area contributed by atoms with Gasteiger partial charge in [-0.25, -0.2) is 0 Å². The van der Waals surface area contributed by atoms with E-state index < -0.39 is 0 Å². The number of nitrogens with one attached hydrogen (secondary N) is 1. The highest BCUT2D eigenvalue weighted by Crippen LogP contribution is 2.23. The summed E-state index contributed by atoms with van der Waals surface area (Å²) >= 11 is 0. The molecule has 2 nitrogen and oxygen atoms in total. The second kappa shape index (κ2) is 6.00. The summed E-state index contributed by atoms with van der Waals surface area (Å²) in [5.74, 6) is 0.925. The predicted octanol–water partition coefficient (Wildman–Crippen LogP) is 3.84. The summed E-state index contributed by atoms with van der Waals surface area (Å²) in [4.78, 5) is 0. The predicted molar refractivity (Wildman–Crippen MR) is 83.7 cm³/mol. The zero-order chi connectivity index (χ0) is 13.8. The van der Waals surface area contributed by atoms with Crippen molar-refractivity contribution in [3.63, 3.8) is 0 Å². The molecular formula is C18H21NO. The third-order valence-corrected chi connectivity index (χ3v) is 3.97. The number of benzene rings is 2. The lowest BCUT2D eigenvalue weighted by Gasteiger charge is -2.18. The van der Waals surface area contributed by atoms with Crippen molar-refractivity contribution in [3.8, 4) is 5.75 Å². The third kappa shape index (κ3) is 2.96. The lowest BCUT2D eigenvalue weighted by atomic mass is 9.97. The van der Waals surface area contributed by atoms with Gasteiger partial charge in [-0.3, -0.25) is 0 Å². The van der Waals surface area contributed by atoms with E-state index in [-0.39, 0.29) is 0 Å². The molecule has 2 aromatic rings. The summed E-state index contributed by atoms with van der Waals surface area (Å²) in [7, 11) is 1.70. The van der Waals surface area contributed by atoms with E-state index in [4.69, 9.17) is 4.74 Å². The molecule has 0 spiro atoms. The summed E-state index contributed by atoms with van der Waals surface area (Å²) < 4.78 is 5.19. The molecule has 0 bridgehead atoms. The minimum Gasteiger partial charge on any atom is -0.497 e.